The van der Waals surface area contributed by atoms with E-state index in [0.29, 0.717) is 31.0 Å². The molecule has 31 heavy (non-hydrogen) atoms. The number of carbonyl (C=O) groups excluding carboxylic acids is 1. The highest BCUT2D eigenvalue weighted by molar-refractivity contribution is 5.97. The third-order valence-corrected chi connectivity index (χ3v) is 5.74. The van der Waals surface area contributed by atoms with Crippen molar-refractivity contribution in [2.75, 3.05) is 13.1 Å². The van der Waals surface area contributed by atoms with Gasteiger partial charge in [-0.25, -0.2) is 4.98 Å². The van der Waals surface area contributed by atoms with E-state index in [9.17, 15) is 4.79 Å². The number of rotatable bonds is 4. The van der Waals surface area contributed by atoms with Gasteiger partial charge in [-0.2, -0.15) is 0 Å². The Hall–Kier alpha value is -2.28. The summed E-state index contributed by atoms with van der Waals surface area (Å²) in [6, 6.07) is 11.5. The Morgan fingerprint density at radius 3 is 2.68 bits per heavy atom. The third-order valence-electron chi connectivity index (χ3n) is 5.74. The van der Waals surface area contributed by atoms with Crippen molar-refractivity contribution < 1.29 is 9.53 Å². The van der Waals surface area contributed by atoms with Gasteiger partial charge in [0.05, 0.1) is 11.3 Å². The van der Waals surface area contributed by atoms with Crippen molar-refractivity contribution in [1.82, 2.24) is 14.3 Å². The van der Waals surface area contributed by atoms with Crippen LogP contribution in [0.2, 0.25) is 0 Å². The number of nitrogens with zero attached hydrogens (tertiary/aromatic N) is 3. The van der Waals surface area contributed by atoms with Crippen LogP contribution in [0.4, 0.5) is 0 Å². The zero-order valence-electron chi connectivity index (χ0n) is 18.1. The van der Waals surface area contributed by atoms with Crippen LogP contribution in [0.25, 0.3) is 5.65 Å². The SMILES string of the molecule is Cc1ccc2nc(COc3ccccc3C(=O)N3CCC(N)C(C)(C)C3)cn2c1.Cl.Cl. The Morgan fingerprint density at radius 1 is 1.19 bits per heavy atom. The molecule has 1 aliphatic heterocycles. The van der Waals surface area contributed by atoms with Crippen LogP contribution >= 0.6 is 24.8 Å². The molecule has 0 radical (unpaired) electrons. The Labute approximate surface area is 195 Å². The fourth-order valence-corrected chi connectivity index (χ4v) is 3.86. The number of para-hydroxylation sites is 1. The number of halogens is 2. The van der Waals surface area contributed by atoms with E-state index in [1.165, 1.54) is 5.56 Å². The molecule has 1 amide bonds. The first-order chi connectivity index (χ1) is 13.8. The van der Waals surface area contributed by atoms with E-state index in [0.717, 1.165) is 17.8 Å². The van der Waals surface area contributed by atoms with Crippen molar-refractivity contribution in [2.24, 2.45) is 11.1 Å². The van der Waals surface area contributed by atoms with Crippen LogP contribution in [0.5, 0.6) is 5.75 Å². The molecule has 1 fully saturated rings. The molecule has 1 saturated heterocycles. The molecular formula is C23H30Cl2N4O2. The molecule has 8 heteroatoms. The van der Waals surface area contributed by atoms with Crippen molar-refractivity contribution in [1.29, 1.82) is 0 Å². The largest absolute Gasteiger partial charge is 0.486 e. The zero-order valence-corrected chi connectivity index (χ0v) is 19.7. The molecule has 0 saturated carbocycles. The summed E-state index contributed by atoms with van der Waals surface area (Å²) in [6.45, 7) is 7.90. The number of hydrogen-bond donors (Lipinski definition) is 1. The van der Waals surface area contributed by atoms with Crippen LogP contribution in [-0.4, -0.2) is 39.3 Å². The molecule has 1 atom stereocenters. The van der Waals surface area contributed by atoms with E-state index in [4.69, 9.17) is 10.5 Å². The normalized spacial score (nSPS) is 17.5. The molecule has 0 spiro atoms. The summed E-state index contributed by atoms with van der Waals surface area (Å²) < 4.78 is 8.01. The lowest BCUT2D eigenvalue weighted by Crippen LogP contribution is -2.54. The van der Waals surface area contributed by atoms with Crippen LogP contribution < -0.4 is 10.5 Å². The number of carbonyl (C=O) groups is 1. The maximum Gasteiger partial charge on any atom is 0.257 e. The van der Waals surface area contributed by atoms with Crippen molar-refractivity contribution in [3.8, 4) is 5.75 Å². The van der Waals surface area contributed by atoms with Gasteiger partial charge in [0.25, 0.3) is 5.91 Å². The minimum Gasteiger partial charge on any atom is -0.486 e. The standard InChI is InChI=1S/C23H28N4O2.2ClH/c1-16-8-9-21-25-17(13-27(21)12-16)14-29-19-7-5-4-6-18(19)22(28)26-11-10-20(24)23(2,3)15-26;;/h4-9,12-13,20H,10-11,14-15,24H2,1-3H3;2*1H. The maximum absolute atomic E-state index is 13.2. The molecule has 1 unspecified atom stereocenters. The van der Waals surface area contributed by atoms with Gasteiger partial charge in [-0.3, -0.25) is 4.79 Å². The molecule has 3 heterocycles. The average molecular weight is 465 g/mol. The van der Waals surface area contributed by atoms with E-state index < -0.39 is 0 Å². The Kier molecular flexibility index (Phi) is 7.98. The minimum absolute atomic E-state index is 0. The molecule has 0 aliphatic carbocycles. The van der Waals surface area contributed by atoms with Crippen molar-refractivity contribution in [3.63, 3.8) is 0 Å². The van der Waals surface area contributed by atoms with Crippen LogP contribution in [-0.2, 0) is 6.61 Å². The lowest BCUT2D eigenvalue weighted by atomic mass is 9.79. The number of aryl methyl sites for hydroxylation is 1. The molecule has 2 aromatic heterocycles. The molecule has 4 rings (SSSR count). The van der Waals surface area contributed by atoms with Gasteiger partial charge < -0.3 is 19.8 Å². The second-order valence-corrected chi connectivity index (χ2v) is 8.60. The fourth-order valence-electron chi connectivity index (χ4n) is 3.86. The first-order valence-electron chi connectivity index (χ1n) is 10.0. The van der Waals surface area contributed by atoms with E-state index >= 15 is 0 Å². The molecule has 1 aromatic carbocycles. The molecule has 3 aromatic rings. The highest BCUT2D eigenvalue weighted by atomic mass is 35.5. The summed E-state index contributed by atoms with van der Waals surface area (Å²) in [4.78, 5) is 19.7. The number of ether oxygens (including phenoxy) is 1. The van der Waals surface area contributed by atoms with E-state index in [1.54, 1.807) is 0 Å². The smallest absolute Gasteiger partial charge is 0.257 e. The van der Waals surface area contributed by atoms with Gasteiger partial charge in [-0.1, -0.05) is 32.0 Å². The number of likely N-dealkylation sites (tertiary alicyclic amines) is 1. The molecular weight excluding hydrogens is 435 g/mol. The second kappa shape index (κ2) is 9.90. The summed E-state index contributed by atoms with van der Waals surface area (Å²) in [7, 11) is 0. The van der Waals surface area contributed by atoms with Crippen LogP contribution in [0.1, 0.15) is 41.9 Å². The summed E-state index contributed by atoms with van der Waals surface area (Å²) in [5, 5.41) is 0. The lowest BCUT2D eigenvalue weighted by molar-refractivity contribution is 0.0528. The number of piperidine rings is 1. The summed E-state index contributed by atoms with van der Waals surface area (Å²) in [5.41, 5.74) is 9.58. The van der Waals surface area contributed by atoms with Gasteiger partial charge in [0, 0.05) is 31.5 Å². The Bertz CT molecular complexity index is 1050. The van der Waals surface area contributed by atoms with Crippen molar-refractivity contribution >= 4 is 36.4 Å². The maximum atomic E-state index is 13.2. The number of hydrogen-bond acceptors (Lipinski definition) is 4. The highest BCUT2D eigenvalue weighted by Crippen LogP contribution is 2.30. The lowest BCUT2D eigenvalue weighted by Gasteiger charge is -2.42. The molecule has 168 valence electrons. The Balaban J connectivity index is 0.00000171. The van der Waals surface area contributed by atoms with Gasteiger partial charge >= 0.3 is 0 Å². The van der Waals surface area contributed by atoms with E-state index in [1.807, 2.05) is 65.0 Å². The molecule has 1 aliphatic rings. The van der Waals surface area contributed by atoms with Crippen molar-refractivity contribution in [3.05, 3.63) is 65.6 Å². The number of pyridine rings is 1. The predicted octanol–water partition coefficient (Wildman–Crippen LogP) is 4.26. The van der Waals surface area contributed by atoms with Gasteiger partial charge in [-0.15, -0.1) is 24.8 Å². The van der Waals surface area contributed by atoms with Crippen LogP contribution in [0, 0.1) is 12.3 Å². The average Bonchev–Trinajstić information content (AvgIpc) is 3.10. The van der Waals surface area contributed by atoms with Gasteiger partial charge in [0.2, 0.25) is 0 Å². The zero-order chi connectivity index (χ0) is 20.6. The predicted molar refractivity (Wildman–Crippen MR) is 127 cm³/mol. The number of amides is 1. The van der Waals surface area contributed by atoms with Gasteiger partial charge in [-0.05, 0) is 42.5 Å². The summed E-state index contributed by atoms with van der Waals surface area (Å²) >= 11 is 0. The first-order valence-corrected chi connectivity index (χ1v) is 10.0. The molecule has 2 N–H and O–H groups in total. The summed E-state index contributed by atoms with van der Waals surface area (Å²) in [5.74, 6) is 0.574. The molecule has 0 bridgehead atoms. The highest BCUT2D eigenvalue weighted by Gasteiger charge is 2.36. The quantitative estimate of drug-likeness (QED) is 0.625. The molecule has 6 nitrogen and oxygen atoms in total. The first kappa shape index (κ1) is 25.0. The van der Waals surface area contributed by atoms with Crippen molar-refractivity contribution in [2.45, 2.75) is 39.8 Å². The second-order valence-electron chi connectivity index (χ2n) is 8.60. The van der Waals surface area contributed by atoms with Crippen LogP contribution in [0.3, 0.4) is 0 Å². The van der Waals surface area contributed by atoms with E-state index in [-0.39, 0.29) is 42.2 Å². The number of fused-ring (bicyclic) bond motifs is 1. The van der Waals surface area contributed by atoms with Gasteiger partial charge in [0.1, 0.15) is 18.0 Å². The van der Waals surface area contributed by atoms with Crippen LogP contribution in [0.15, 0.2) is 48.8 Å². The monoisotopic (exact) mass is 464 g/mol. The number of imidazole rings is 1. The van der Waals surface area contributed by atoms with Gasteiger partial charge in [0.15, 0.2) is 0 Å². The number of nitrogens with two attached hydrogens (primary N) is 1. The number of benzene rings is 1. The third kappa shape index (κ3) is 5.32. The van der Waals surface area contributed by atoms with E-state index in [2.05, 4.69) is 18.8 Å². The fraction of sp³-hybridized carbons (Fsp3) is 0.391. The summed E-state index contributed by atoms with van der Waals surface area (Å²) in [6.07, 6.45) is 4.80. The number of aromatic nitrogens is 2. The Morgan fingerprint density at radius 2 is 1.94 bits per heavy atom. The topological polar surface area (TPSA) is 72.9 Å². The minimum atomic E-state index is -0.0988.